The Morgan fingerprint density at radius 2 is 1.21 bits per heavy atom. The fourth-order valence-corrected chi connectivity index (χ4v) is 15.7. The predicted octanol–water partition coefficient (Wildman–Crippen LogP) is 9.86. The highest BCUT2D eigenvalue weighted by Gasteiger charge is 2.44. The van der Waals surface area contributed by atoms with Crippen molar-refractivity contribution in [2.75, 3.05) is 146 Å². The van der Waals surface area contributed by atoms with Crippen molar-refractivity contribution < 1.29 is 100 Å². The molecule has 0 unspecified atom stereocenters. The van der Waals surface area contributed by atoms with E-state index in [2.05, 4.69) is 68.2 Å². The molecule has 0 bridgehead atoms. The summed E-state index contributed by atoms with van der Waals surface area (Å²) in [5.74, 6) is -6.16. The van der Waals surface area contributed by atoms with E-state index in [1.165, 1.54) is 26.2 Å². The number of anilines is 1. The number of carbonyl (C=O) groups excluding carboxylic acids is 11. The molecule has 3 aromatic carbocycles. The number of para-hydroxylation sites is 1. The molecular weight excluding hydrogens is 1620 g/mol. The van der Waals surface area contributed by atoms with Crippen molar-refractivity contribution in [3.8, 4) is 0 Å². The highest BCUT2D eigenvalue weighted by molar-refractivity contribution is 5.98. The number of Topliss-reactive ketones (excluding diaryl/α,β-unsaturated/α-hetero) is 3. The molecule has 9 amide bonds. The van der Waals surface area contributed by atoms with Gasteiger partial charge in [-0.15, -0.1) is 0 Å². The van der Waals surface area contributed by atoms with Crippen LogP contribution in [0.5, 0.6) is 0 Å². The van der Waals surface area contributed by atoms with E-state index in [4.69, 9.17) is 48.4 Å². The lowest BCUT2D eigenvalue weighted by Crippen LogP contribution is -2.55. The fourth-order valence-electron chi connectivity index (χ4n) is 15.7. The molecule has 1 aliphatic rings. The number of primary amides is 1. The summed E-state index contributed by atoms with van der Waals surface area (Å²) < 4.78 is 53.6. The molecule has 2 heterocycles. The van der Waals surface area contributed by atoms with E-state index in [1.54, 1.807) is 80.9 Å². The second kappa shape index (κ2) is 59.3. The number of nitrogens with zero attached hydrogens (tertiary/aromatic N) is 5. The molecule has 0 saturated carbocycles. The molecule has 32 heteroatoms. The summed E-state index contributed by atoms with van der Waals surface area (Å²) in [5.41, 5.74) is 9.18. The van der Waals surface area contributed by atoms with Crippen molar-refractivity contribution in [1.29, 1.82) is 0 Å². The zero-order valence-corrected chi connectivity index (χ0v) is 77.1. The molecule has 1 aliphatic heterocycles. The van der Waals surface area contributed by atoms with Crippen LogP contribution in [-0.4, -0.2) is 277 Å². The van der Waals surface area contributed by atoms with E-state index in [1.807, 2.05) is 71.9 Å². The maximum atomic E-state index is 14.9. The molecule has 12 atom stereocenters. The minimum Gasteiger partial charge on any atom is -0.445 e. The van der Waals surface area contributed by atoms with Gasteiger partial charge in [-0.1, -0.05) is 144 Å². The quantitative estimate of drug-likeness (QED) is 0.0202. The summed E-state index contributed by atoms with van der Waals surface area (Å²) in [6.07, 6.45) is -0.583. The van der Waals surface area contributed by atoms with Crippen LogP contribution >= 0.6 is 0 Å². The Kier molecular flexibility index (Phi) is 51.6. The van der Waals surface area contributed by atoms with Crippen LogP contribution in [0.25, 0.3) is 10.9 Å². The summed E-state index contributed by atoms with van der Waals surface area (Å²) in [7, 11) is 8.27. The average molecular weight is 1770 g/mol. The van der Waals surface area contributed by atoms with Crippen LogP contribution in [0.1, 0.15) is 184 Å². The number of urea groups is 1. The third-order valence-electron chi connectivity index (χ3n) is 23.2. The van der Waals surface area contributed by atoms with E-state index in [-0.39, 0.29) is 144 Å². The molecule has 5 rings (SSSR count). The lowest BCUT2D eigenvalue weighted by molar-refractivity contribution is -0.149. The smallest absolute Gasteiger partial charge is 0.410 e. The maximum absolute atomic E-state index is 14.9. The van der Waals surface area contributed by atoms with Crippen LogP contribution in [0.4, 0.5) is 15.3 Å². The first kappa shape index (κ1) is 109. The fraction of sp³-hybridized carbons (Fsp3) is 0.670. The number of carbonyl (C=O) groups is 11. The topological polar surface area (TPSA) is 395 Å². The molecule has 0 spiro atoms. The van der Waals surface area contributed by atoms with Crippen LogP contribution in [0.2, 0.25) is 0 Å². The molecule has 1 saturated heterocycles. The van der Waals surface area contributed by atoms with E-state index in [0.717, 1.165) is 29.7 Å². The molecule has 0 aliphatic carbocycles. The zero-order chi connectivity index (χ0) is 92.1. The molecule has 4 aromatic rings. The van der Waals surface area contributed by atoms with Gasteiger partial charge in [0.25, 0.3) is 0 Å². The van der Waals surface area contributed by atoms with Gasteiger partial charge in [0.05, 0.1) is 140 Å². The van der Waals surface area contributed by atoms with Gasteiger partial charge in [0.2, 0.25) is 35.4 Å². The molecular formula is C94H151N11O21. The maximum Gasteiger partial charge on any atom is 0.410 e. The van der Waals surface area contributed by atoms with Gasteiger partial charge in [-0.05, 0) is 111 Å². The molecule has 1 fully saturated rings. The number of methoxy groups -OCH3 is 2. The summed E-state index contributed by atoms with van der Waals surface area (Å²) in [6.45, 7) is 27.2. The first-order valence-electron chi connectivity index (χ1n) is 44.6. The SMILES string of the molecule is C.CC[C@H](C)[C@@H]([C@@H](CC(=O)N1CCC[C@H]1[C@H](OC)[C@@H](C)C(=O)N[C@H](C)[C@@H](O)c1ccccc1)OC)N(C)C(=O)[C@@H](CC(=O)[C@H](C(C)C)N(C)C(=O)OCc1ccc(NC(=O)[C@H](CCCNC(N)=O)CC(=O)[C@@H](NC(=O)CCOCCOCCOCCOCCOCCOCCNC(=O)CCC(=O)CCn2c(CN(C)CC)cc3ccccc32)C(C)C)cc1)C(C)C. The van der Waals surface area contributed by atoms with E-state index >= 15 is 0 Å². The minimum atomic E-state index is -0.979. The van der Waals surface area contributed by atoms with Gasteiger partial charge >= 0.3 is 12.1 Å². The highest BCUT2D eigenvalue weighted by atomic mass is 16.6. The van der Waals surface area contributed by atoms with Crippen LogP contribution in [-0.2, 0) is 105 Å². The predicted molar refractivity (Wildman–Crippen MR) is 484 cm³/mol. The highest BCUT2D eigenvalue weighted by Crippen LogP contribution is 2.33. The monoisotopic (exact) mass is 1770 g/mol. The second-order valence-corrected chi connectivity index (χ2v) is 33.6. The summed E-state index contributed by atoms with van der Waals surface area (Å²) in [4.78, 5) is 157. The zero-order valence-electron chi connectivity index (χ0n) is 77.1. The van der Waals surface area contributed by atoms with E-state index < -0.39 is 96.1 Å². The number of ether oxygens (including phenoxy) is 9. The number of aryl methyl sites for hydroxylation is 1. The number of likely N-dealkylation sites (tertiary alicyclic amines) is 1. The number of likely N-dealkylation sites (N-methyl/N-ethyl adjacent to an activating group) is 2. The van der Waals surface area contributed by atoms with Gasteiger partial charge in [-0.3, -0.25) is 43.2 Å². The second-order valence-electron chi connectivity index (χ2n) is 33.6. The summed E-state index contributed by atoms with van der Waals surface area (Å²) in [5, 5.41) is 26.1. The Balaban J connectivity index is 0.0000333. The number of hydrogen-bond acceptors (Lipinski definition) is 22. The first-order chi connectivity index (χ1) is 59.8. The number of aliphatic hydroxyl groups is 1. The molecule has 8 N–H and O–H groups in total. The first-order valence-corrected chi connectivity index (χ1v) is 44.6. The minimum absolute atomic E-state index is 0. The van der Waals surface area contributed by atoms with Gasteiger partial charge in [-0.2, -0.15) is 0 Å². The molecule has 1 aromatic heterocycles. The Labute approximate surface area is 747 Å². The largest absolute Gasteiger partial charge is 0.445 e. The number of aromatic nitrogens is 1. The van der Waals surface area contributed by atoms with Crippen molar-refractivity contribution in [2.24, 2.45) is 47.2 Å². The normalized spacial score (nSPS) is 15.4. The van der Waals surface area contributed by atoms with Crippen molar-refractivity contribution in [3.05, 3.63) is 102 Å². The van der Waals surface area contributed by atoms with Crippen LogP contribution in [0.3, 0.4) is 0 Å². The molecule has 708 valence electrons. The number of fused-ring (bicyclic) bond motifs is 1. The van der Waals surface area contributed by atoms with E-state index in [0.29, 0.717) is 128 Å². The molecule has 0 radical (unpaired) electrons. The lowest BCUT2D eigenvalue weighted by Gasteiger charge is -2.41. The third kappa shape index (κ3) is 37.5. The number of amides is 9. The van der Waals surface area contributed by atoms with Crippen molar-refractivity contribution >= 4 is 81.5 Å². The Bertz CT molecular complexity index is 3920. The number of ketones is 3. The van der Waals surface area contributed by atoms with Crippen LogP contribution < -0.4 is 32.3 Å². The number of nitrogens with one attached hydrogen (secondary N) is 5. The lowest BCUT2D eigenvalue weighted by atomic mass is 9.83. The van der Waals surface area contributed by atoms with Gasteiger partial charge in [-0.25, -0.2) is 9.59 Å². The van der Waals surface area contributed by atoms with Gasteiger partial charge in [0.15, 0.2) is 11.6 Å². The van der Waals surface area contributed by atoms with Gasteiger partial charge in [0.1, 0.15) is 12.4 Å². The Morgan fingerprint density at radius 3 is 1.79 bits per heavy atom. The van der Waals surface area contributed by atoms with E-state index in [9.17, 15) is 57.8 Å². The van der Waals surface area contributed by atoms with Crippen molar-refractivity contribution in [3.63, 3.8) is 0 Å². The number of rotatable bonds is 64. The number of aliphatic hydroxyl groups excluding tert-OH is 1. The van der Waals surface area contributed by atoms with Crippen molar-refractivity contribution in [1.82, 2.24) is 45.4 Å². The van der Waals surface area contributed by atoms with Crippen LogP contribution in [0, 0.1) is 41.4 Å². The molecule has 126 heavy (non-hydrogen) atoms. The van der Waals surface area contributed by atoms with Crippen molar-refractivity contribution in [2.45, 2.75) is 229 Å². The summed E-state index contributed by atoms with van der Waals surface area (Å²) in [6, 6.07) is 21.7. The Morgan fingerprint density at radius 1 is 0.611 bits per heavy atom. The standard InChI is InChI=1S/C93H147N11O21.CH4/c1-17-65(9)86(80(117-15)59-83(110)104-42-25-31-77(104)88(118-16)66(10)89(112)97-67(11)87(111)69-26-20-19-21-27-69)101(13)91(114)75(62(3)4)58-79(107)85(64(7)8)102(14)93(116)125-61-68-32-34-72(35-33-68)98-90(113)71(29-24-40-96-92(94)115)57-78(106)84(63(5)6)99-82(109)39-44-119-46-48-121-50-52-123-54-55-124-53-51-122-49-47-120-45-41-95-81(108)37-36-74(105)38-43-103-73(60-100(12)18-2)56-70-28-22-23-30-76(70)103;/h19-23,26-28,30,32-35,56,62-67,71,75,77,80,84-88,111H,17-18,24-25,29,31,36-55,57-61H2,1-16H3,(H,95,108)(H,97,112)(H,98,113)(H,99,109)(H3,94,96,115);1H4/t65-,66+,67+,71+,75-,77-,80+,84-,85-,86-,87+,88+;/m0./s1. The number of benzene rings is 3. The van der Waals surface area contributed by atoms with Gasteiger partial charge < -0.3 is 104 Å². The average Bonchev–Trinajstić information content (AvgIpc) is 1.57. The molecule has 32 nitrogen and oxygen atoms in total. The Hall–Kier alpha value is -8.83. The van der Waals surface area contributed by atoms with Gasteiger partial charge in [0, 0.05) is 128 Å². The number of nitrogens with two attached hydrogens (primary N) is 1. The van der Waals surface area contributed by atoms with Crippen LogP contribution in [0.15, 0.2) is 84.9 Å². The third-order valence-corrected chi connectivity index (χ3v) is 23.2. The summed E-state index contributed by atoms with van der Waals surface area (Å²) >= 11 is 0. The number of hydrogen-bond donors (Lipinski definition) is 7.